The van der Waals surface area contributed by atoms with Crippen LogP contribution in [-0.2, 0) is 13.8 Å². The Balaban J connectivity index is 2.58. The van der Waals surface area contributed by atoms with E-state index in [9.17, 15) is 18.0 Å². The van der Waals surface area contributed by atoms with Crippen LogP contribution in [0.3, 0.4) is 0 Å². The molecule has 128 valence electrons. The van der Waals surface area contributed by atoms with Crippen LogP contribution in [0.5, 0.6) is 5.75 Å². The summed E-state index contributed by atoms with van der Waals surface area (Å²) in [6.45, 7) is 1.72. The molecule has 8 nitrogen and oxygen atoms in total. The zero-order chi connectivity index (χ0) is 17.9. The van der Waals surface area contributed by atoms with Crippen LogP contribution in [0.25, 0.3) is 11.4 Å². The summed E-state index contributed by atoms with van der Waals surface area (Å²) in [5.41, 5.74) is -0.785. The van der Waals surface area contributed by atoms with Gasteiger partial charge in [-0.1, -0.05) is 0 Å². The van der Waals surface area contributed by atoms with Crippen molar-refractivity contribution in [3.8, 4) is 17.1 Å². The number of aromatic amines is 1. The molecule has 0 fully saturated rings. The number of methoxy groups -OCH3 is 1. The number of rotatable bonds is 5. The highest BCUT2D eigenvalue weighted by Crippen LogP contribution is 2.30. The third-order valence-electron chi connectivity index (χ3n) is 3.00. The van der Waals surface area contributed by atoms with Crippen molar-refractivity contribution in [2.45, 2.75) is 11.8 Å². The SMILES string of the molecule is CCOC(=O)c1cnc(-c2cc(S(=O)(=O)Cl)ccc2OC)[nH]c1=O. The minimum atomic E-state index is -3.97. The molecule has 0 saturated heterocycles. The highest BCUT2D eigenvalue weighted by atomic mass is 35.7. The number of carbonyl (C=O) groups excluding carboxylic acids is 1. The van der Waals surface area contributed by atoms with Gasteiger partial charge in [0.2, 0.25) is 0 Å². The monoisotopic (exact) mass is 372 g/mol. The normalized spacial score (nSPS) is 11.1. The second-order valence-corrected chi connectivity index (χ2v) is 7.06. The molecule has 24 heavy (non-hydrogen) atoms. The summed E-state index contributed by atoms with van der Waals surface area (Å²) in [6.07, 6.45) is 1.05. The van der Waals surface area contributed by atoms with E-state index in [0.29, 0.717) is 0 Å². The zero-order valence-electron chi connectivity index (χ0n) is 12.7. The summed E-state index contributed by atoms with van der Waals surface area (Å²) in [5.74, 6) is -0.514. The topological polar surface area (TPSA) is 115 Å². The molecule has 2 rings (SSSR count). The number of nitrogens with zero attached hydrogens (tertiary/aromatic N) is 1. The van der Waals surface area contributed by atoms with Gasteiger partial charge in [0.15, 0.2) is 0 Å². The highest BCUT2D eigenvalue weighted by Gasteiger charge is 2.18. The summed E-state index contributed by atoms with van der Waals surface area (Å²) >= 11 is 0. The summed E-state index contributed by atoms with van der Waals surface area (Å²) in [6, 6.07) is 3.85. The maximum atomic E-state index is 12.0. The molecule has 10 heteroatoms. The number of aromatic nitrogens is 2. The van der Waals surface area contributed by atoms with Crippen molar-refractivity contribution in [1.82, 2.24) is 9.97 Å². The lowest BCUT2D eigenvalue weighted by Gasteiger charge is -2.09. The lowest BCUT2D eigenvalue weighted by molar-refractivity contribution is 0.0523. The fourth-order valence-electron chi connectivity index (χ4n) is 1.91. The molecule has 0 atom stereocenters. The van der Waals surface area contributed by atoms with Crippen LogP contribution in [0.1, 0.15) is 17.3 Å². The molecule has 0 saturated carbocycles. The smallest absolute Gasteiger partial charge is 0.345 e. The van der Waals surface area contributed by atoms with Crippen molar-refractivity contribution in [3.63, 3.8) is 0 Å². The highest BCUT2D eigenvalue weighted by molar-refractivity contribution is 8.13. The molecule has 1 N–H and O–H groups in total. The van der Waals surface area contributed by atoms with Gasteiger partial charge in [-0.3, -0.25) is 4.79 Å². The van der Waals surface area contributed by atoms with E-state index in [0.717, 1.165) is 6.20 Å². The minimum Gasteiger partial charge on any atom is -0.496 e. The lowest BCUT2D eigenvalue weighted by atomic mass is 10.2. The molecular weight excluding hydrogens is 360 g/mol. The van der Waals surface area contributed by atoms with Crippen LogP contribution in [-0.4, -0.2) is 38.1 Å². The zero-order valence-corrected chi connectivity index (χ0v) is 14.3. The Kier molecular flexibility index (Phi) is 5.25. The predicted molar refractivity (Wildman–Crippen MR) is 85.8 cm³/mol. The van der Waals surface area contributed by atoms with Crippen molar-refractivity contribution in [2.24, 2.45) is 0 Å². The number of benzene rings is 1. The Labute approximate surface area is 141 Å². The maximum absolute atomic E-state index is 12.0. The number of esters is 1. The number of ether oxygens (including phenoxy) is 2. The fourth-order valence-corrected chi connectivity index (χ4v) is 2.69. The van der Waals surface area contributed by atoms with Crippen molar-refractivity contribution < 1.29 is 22.7 Å². The Morgan fingerprint density at radius 1 is 1.38 bits per heavy atom. The first kappa shape index (κ1) is 18.0. The summed E-state index contributed by atoms with van der Waals surface area (Å²) in [7, 11) is 2.72. The number of nitrogens with one attached hydrogen (secondary N) is 1. The van der Waals surface area contributed by atoms with Gasteiger partial charge in [-0.05, 0) is 25.1 Å². The Hall–Kier alpha value is -2.39. The van der Waals surface area contributed by atoms with Crippen LogP contribution in [0.15, 0.2) is 34.1 Å². The first-order valence-electron chi connectivity index (χ1n) is 6.67. The molecule has 0 unspecified atom stereocenters. The molecular formula is C14H13ClN2O6S. The molecule has 1 aromatic heterocycles. The molecule has 1 aromatic carbocycles. The van der Waals surface area contributed by atoms with Crippen molar-refractivity contribution in [1.29, 1.82) is 0 Å². The van der Waals surface area contributed by atoms with E-state index in [2.05, 4.69) is 9.97 Å². The Morgan fingerprint density at radius 2 is 2.08 bits per heavy atom. The number of hydrogen-bond acceptors (Lipinski definition) is 7. The van der Waals surface area contributed by atoms with E-state index in [1.54, 1.807) is 6.92 Å². The molecule has 0 spiro atoms. The minimum absolute atomic E-state index is 0.0204. The standard InChI is InChI=1S/C14H13ClN2O6S/c1-3-23-14(19)10-7-16-12(17-13(10)18)9-6-8(24(15,20)21)4-5-11(9)22-2/h4-7H,3H2,1-2H3,(H,16,17,18). The molecule has 1 heterocycles. The van der Waals surface area contributed by atoms with Gasteiger partial charge in [-0.25, -0.2) is 18.2 Å². The van der Waals surface area contributed by atoms with E-state index in [4.69, 9.17) is 20.2 Å². The molecule has 2 aromatic rings. The first-order valence-corrected chi connectivity index (χ1v) is 8.98. The molecule has 0 bridgehead atoms. The summed E-state index contributed by atoms with van der Waals surface area (Å²) in [5, 5.41) is 0. The van der Waals surface area contributed by atoms with Crippen LogP contribution < -0.4 is 10.3 Å². The number of H-pyrrole nitrogens is 1. The van der Waals surface area contributed by atoms with Crippen molar-refractivity contribution in [3.05, 3.63) is 40.3 Å². The molecule has 0 amide bonds. The van der Waals surface area contributed by atoms with E-state index < -0.39 is 20.6 Å². The van der Waals surface area contributed by atoms with E-state index in [1.807, 2.05) is 0 Å². The molecule has 0 radical (unpaired) electrons. The van der Waals surface area contributed by atoms with Gasteiger partial charge in [0, 0.05) is 16.9 Å². The van der Waals surface area contributed by atoms with Crippen LogP contribution in [0.2, 0.25) is 0 Å². The van der Waals surface area contributed by atoms with Gasteiger partial charge < -0.3 is 14.5 Å². The third kappa shape index (κ3) is 3.74. The van der Waals surface area contributed by atoms with E-state index in [1.165, 1.54) is 25.3 Å². The fraction of sp³-hybridized carbons (Fsp3) is 0.214. The number of carbonyl (C=O) groups is 1. The third-order valence-corrected chi connectivity index (χ3v) is 4.35. The van der Waals surface area contributed by atoms with Gasteiger partial charge in [0.05, 0.1) is 24.2 Å². The summed E-state index contributed by atoms with van der Waals surface area (Å²) in [4.78, 5) is 29.8. The molecule has 0 aliphatic carbocycles. The number of hydrogen-bond donors (Lipinski definition) is 1. The van der Waals surface area contributed by atoms with Crippen LogP contribution in [0.4, 0.5) is 0 Å². The molecule has 0 aliphatic rings. The van der Waals surface area contributed by atoms with Crippen LogP contribution >= 0.6 is 10.7 Å². The van der Waals surface area contributed by atoms with Crippen LogP contribution in [0, 0.1) is 0 Å². The van der Waals surface area contributed by atoms with Crippen molar-refractivity contribution >= 4 is 25.7 Å². The van der Waals surface area contributed by atoms with Gasteiger partial charge in [-0.15, -0.1) is 0 Å². The molecule has 0 aliphatic heterocycles. The van der Waals surface area contributed by atoms with Gasteiger partial charge >= 0.3 is 5.97 Å². The second kappa shape index (κ2) is 7.02. The van der Waals surface area contributed by atoms with Gasteiger partial charge in [-0.2, -0.15) is 0 Å². The van der Waals surface area contributed by atoms with E-state index >= 15 is 0 Å². The Bertz CT molecular complexity index is 939. The first-order chi connectivity index (χ1) is 11.3. The van der Waals surface area contributed by atoms with Gasteiger partial charge in [0.25, 0.3) is 14.6 Å². The summed E-state index contributed by atoms with van der Waals surface area (Å²) < 4.78 is 32.8. The van der Waals surface area contributed by atoms with Crippen molar-refractivity contribution in [2.75, 3.05) is 13.7 Å². The second-order valence-electron chi connectivity index (χ2n) is 4.50. The average molecular weight is 373 g/mol. The number of halogens is 1. The van der Waals surface area contributed by atoms with Gasteiger partial charge in [0.1, 0.15) is 17.1 Å². The average Bonchev–Trinajstić information content (AvgIpc) is 2.53. The largest absolute Gasteiger partial charge is 0.496 e. The Morgan fingerprint density at radius 3 is 2.62 bits per heavy atom. The maximum Gasteiger partial charge on any atom is 0.345 e. The quantitative estimate of drug-likeness (QED) is 0.625. The lowest BCUT2D eigenvalue weighted by Crippen LogP contribution is -2.21. The predicted octanol–water partition coefficient (Wildman–Crippen LogP) is 1.55. The van der Waals surface area contributed by atoms with E-state index in [-0.39, 0.29) is 34.2 Å².